The molecule has 0 spiro atoms. The van der Waals surface area contributed by atoms with Crippen molar-refractivity contribution in [2.24, 2.45) is 0 Å². The van der Waals surface area contributed by atoms with Crippen LogP contribution in [-0.2, 0) is 0 Å². The number of anilines is 1. The third kappa shape index (κ3) is 4.25. The van der Waals surface area contributed by atoms with Crippen molar-refractivity contribution in [2.45, 2.75) is 13.8 Å². The van der Waals surface area contributed by atoms with Gasteiger partial charge in [-0.1, -0.05) is 0 Å². The highest BCUT2D eigenvalue weighted by Crippen LogP contribution is 2.30. The predicted octanol–water partition coefficient (Wildman–Crippen LogP) is 4.92. The van der Waals surface area contributed by atoms with Crippen LogP contribution in [0.2, 0.25) is 0 Å². The molecule has 7 heteroatoms. The number of rotatable bonds is 6. The summed E-state index contributed by atoms with van der Waals surface area (Å²) in [7, 11) is 1.39. The number of halogens is 1. The topological polar surface area (TPSA) is 60.5 Å². The van der Waals surface area contributed by atoms with E-state index < -0.39 is 5.82 Å². The lowest BCUT2D eigenvalue weighted by atomic mass is 10.2. The molecule has 0 aliphatic carbocycles. The van der Waals surface area contributed by atoms with Gasteiger partial charge in [0.25, 0.3) is 5.91 Å². The van der Waals surface area contributed by atoms with Crippen LogP contribution < -0.4 is 14.8 Å². The lowest BCUT2D eigenvalue weighted by Crippen LogP contribution is -2.11. The lowest BCUT2D eigenvalue weighted by molar-refractivity contribution is 0.103. The summed E-state index contributed by atoms with van der Waals surface area (Å²) in [4.78, 5) is 17.5. The van der Waals surface area contributed by atoms with Crippen LogP contribution in [0.1, 0.15) is 22.3 Å². The summed E-state index contributed by atoms with van der Waals surface area (Å²) >= 11 is 1.29. The van der Waals surface area contributed by atoms with Crippen molar-refractivity contribution in [3.8, 4) is 22.1 Å². The Kier molecular flexibility index (Phi) is 5.71. The van der Waals surface area contributed by atoms with Crippen molar-refractivity contribution >= 4 is 22.9 Å². The van der Waals surface area contributed by atoms with Crippen molar-refractivity contribution in [1.82, 2.24) is 4.98 Å². The molecule has 2 aromatic carbocycles. The second-order valence-electron chi connectivity index (χ2n) is 5.69. The Bertz CT molecular complexity index is 954. The average molecular weight is 386 g/mol. The number of nitrogens with one attached hydrogen (secondary N) is 1. The third-order valence-electron chi connectivity index (χ3n) is 3.82. The third-order valence-corrected chi connectivity index (χ3v) is 5.03. The van der Waals surface area contributed by atoms with Crippen molar-refractivity contribution in [1.29, 1.82) is 0 Å². The predicted molar refractivity (Wildman–Crippen MR) is 104 cm³/mol. The number of aryl methyl sites for hydroxylation is 1. The number of hydrogen-bond donors (Lipinski definition) is 1. The van der Waals surface area contributed by atoms with Gasteiger partial charge in [0.1, 0.15) is 15.6 Å². The molecule has 27 heavy (non-hydrogen) atoms. The number of methoxy groups -OCH3 is 1. The van der Waals surface area contributed by atoms with Gasteiger partial charge in [0.05, 0.1) is 19.4 Å². The maximum Gasteiger partial charge on any atom is 0.267 e. The number of carbonyl (C=O) groups excluding carboxylic acids is 1. The zero-order chi connectivity index (χ0) is 19.4. The maximum absolute atomic E-state index is 13.8. The highest BCUT2D eigenvalue weighted by molar-refractivity contribution is 7.17. The van der Waals surface area contributed by atoms with Gasteiger partial charge in [-0.25, -0.2) is 9.37 Å². The molecule has 3 aromatic rings. The highest BCUT2D eigenvalue weighted by Gasteiger charge is 2.17. The molecule has 0 aliphatic rings. The SMILES string of the molecule is CCOc1ccc(-c2nc(C)c(C(=O)Nc3ccc(OC)c(F)c3)s2)cc1. The molecule has 0 aliphatic heterocycles. The van der Waals surface area contributed by atoms with E-state index in [2.05, 4.69) is 10.3 Å². The number of amides is 1. The van der Waals surface area contributed by atoms with Crippen molar-refractivity contribution in [2.75, 3.05) is 19.0 Å². The number of hydrogen-bond acceptors (Lipinski definition) is 5. The van der Waals surface area contributed by atoms with Crippen molar-refractivity contribution < 1.29 is 18.7 Å². The molecule has 1 N–H and O–H groups in total. The first-order chi connectivity index (χ1) is 13.0. The van der Waals surface area contributed by atoms with E-state index in [0.717, 1.165) is 16.3 Å². The van der Waals surface area contributed by atoms with Gasteiger partial charge in [-0.3, -0.25) is 4.79 Å². The minimum Gasteiger partial charge on any atom is -0.494 e. The number of benzene rings is 2. The van der Waals surface area contributed by atoms with Crippen LogP contribution in [0.4, 0.5) is 10.1 Å². The zero-order valence-corrected chi connectivity index (χ0v) is 16.0. The summed E-state index contributed by atoms with van der Waals surface area (Å²) in [6.45, 7) is 4.31. The van der Waals surface area contributed by atoms with E-state index >= 15 is 0 Å². The van der Waals surface area contributed by atoms with Crippen molar-refractivity contribution in [3.63, 3.8) is 0 Å². The molecule has 0 saturated carbocycles. The molecule has 0 radical (unpaired) electrons. The number of ether oxygens (including phenoxy) is 2. The van der Waals surface area contributed by atoms with E-state index in [0.29, 0.717) is 22.9 Å². The van der Waals surface area contributed by atoms with Gasteiger partial charge < -0.3 is 14.8 Å². The van der Waals surface area contributed by atoms with Crippen LogP contribution in [0.5, 0.6) is 11.5 Å². The normalized spacial score (nSPS) is 10.5. The van der Waals surface area contributed by atoms with E-state index in [4.69, 9.17) is 9.47 Å². The molecule has 3 rings (SSSR count). The van der Waals surface area contributed by atoms with Crippen LogP contribution in [0.25, 0.3) is 10.6 Å². The number of nitrogens with zero attached hydrogens (tertiary/aromatic N) is 1. The van der Waals surface area contributed by atoms with E-state index in [-0.39, 0.29) is 11.7 Å². The minimum absolute atomic E-state index is 0.125. The van der Waals surface area contributed by atoms with Gasteiger partial charge in [-0.15, -0.1) is 11.3 Å². The van der Waals surface area contributed by atoms with Crippen LogP contribution in [0.3, 0.4) is 0 Å². The second-order valence-corrected chi connectivity index (χ2v) is 6.69. The lowest BCUT2D eigenvalue weighted by Gasteiger charge is -2.06. The Morgan fingerprint density at radius 1 is 1.22 bits per heavy atom. The van der Waals surface area contributed by atoms with E-state index in [1.165, 1.54) is 30.6 Å². The fraction of sp³-hybridized carbons (Fsp3) is 0.200. The quantitative estimate of drug-likeness (QED) is 0.653. The molecule has 140 valence electrons. The summed E-state index contributed by atoms with van der Waals surface area (Å²) in [5.41, 5.74) is 1.88. The molecule has 5 nitrogen and oxygen atoms in total. The average Bonchev–Trinajstić information content (AvgIpc) is 3.05. The molecule has 0 unspecified atom stereocenters. The molecular formula is C20H19FN2O3S. The first-order valence-corrected chi connectivity index (χ1v) is 9.19. The molecule has 0 fully saturated rings. The van der Waals surface area contributed by atoms with Gasteiger partial charge in [0, 0.05) is 17.3 Å². The maximum atomic E-state index is 13.8. The molecule has 1 amide bonds. The Labute approximate surface area is 160 Å². The van der Waals surface area contributed by atoms with Crippen molar-refractivity contribution in [3.05, 3.63) is 58.9 Å². The first kappa shape index (κ1) is 18.8. The highest BCUT2D eigenvalue weighted by atomic mass is 32.1. The Balaban J connectivity index is 1.79. The van der Waals surface area contributed by atoms with E-state index in [1.807, 2.05) is 31.2 Å². The minimum atomic E-state index is -0.536. The second kappa shape index (κ2) is 8.18. The summed E-state index contributed by atoms with van der Waals surface area (Å²) in [6, 6.07) is 11.8. The van der Waals surface area contributed by atoms with Gasteiger partial charge in [0.15, 0.2) is 11.6 Å². The Hall–Kier alpha value is -2.93. The van der Waals surface area contributed by atoms with Crippen LogP contribution in [0, 0.1) is 12.7 Å². The number of carbonyl (C=O) groups is 1. The van der Waals surface area contributed by atoms with Gasteiger partial charge in [-0.05, 0) is 50.2 Å². The molecule has 1 aromatic heterocycles. The molecular weight excluding hydrogens is 367 g/mol. The standard InChI is InChI=1S/C20H19FN2O3S/c1-4-26-15-8-5-13(6-9-15)20-22-12(2)18(27-20)19(24)23-14-7-10-17(25-3)16(21)11-14/h5-11H,4H2,1-3H3,(H,23,24). The van der Waals surface area contributed by atoms with Gasteiger partial charge in [0.2, 0.25) is 0 Å². The fourth-order valence-corrected chi connectivity index (χ4v) is 3.49. The zero-order valence-electron chi connectivity index (χ0n) is 15.2. The molecule has 0 atom stereocenters. The van der Waals surface area contributed by atoms with Crippen LogP contribution in [0.15, 0.2) is 42.5 Å². The van der Waals surface area contributed by atoms with Gasteiger partial charge >= 0.3 is 0 Å². The fourth-order valence-electron chi connectivity index (χ4n) is 2.52. The van der Waals surface area contributed by atoms with E-state index in [9.17, 15) is 9.18 Å². The summed E-state index contributed by atoms with van der Waals surface area (Å²) in [6.07, 6.45) is 0. The van der Waals surface area contributed by atoms with E-state index in [1.54, 1.807) is 13.0 Å². The molecule has 1 heterocycles. The Morgan fingerprint density at radius 2 is 1.96 bits per heavy atom. The molecule has 0 saturated heterocycles. The number of aromatic nitrogens is 1. The summed E-state index contributed by atoms with van der Waals surface area (Å²) < 4.78 is 24.1. The Morgan fingerprint density at radius 3 is 2.59 bits per heavy atom. The summed E-state index contributed by atoms with van der Waals surface area (Å²) in [5.74, 6) is 0.0481. The van der Waals surface area contributed by atoms with Crippen LogP contribution >= 0.6 is 11.3 Å². The first-order valence-electron chi connectivity index (χ1n) is 8.37. The van der Waals surface area contributed by atoms with Gasteiger partial charge in [-0.2, -0.15) is 0 Å². The summed E-state index contributed by atoms with van der Waals surface area (Å²) in [5, 5.41) is 3.44. The molecule has 0 bridgehead atoms. The largest absolute Gasteiger partial charge is 0.494 e. The monoisotopic (exact) mass is 386 g/mol. The van der Waals surface area contributed by atoms with Crippen LogP contribution in [-0.4, -0.2) is 24.6 Å². The number of thiazole rings is 1. The smallest absolute Gasteiger partial charge is 0.267 e.